The van der Waals surface area contributed by atoms with Crippen LogP contribution in [0.2, 0.25) is 0 Å². The number of carboxylic acid groups (broad SMARTS) is 1. The molecule has 104 valence electrons. The molecule has 0 saturated carbocycles. The highest BCUT2D eigenvalue weighted by molar-refractivity contribution is 7.99. The maximum Gasteiger partial charge on any atom is 0.313 e. The molecule has 3 heterocycles. The predicted octanol–water partition coefficient (Wildman–Crippen LogP) is 1.33. The zero-order chi connectivity index (χ0) is 14.4. The Morgan fingerprint density at radius 1 is 1.33 bits per heavy atom. The van der Waals surface area contributed by atoms with Gasteiger partial charge in [0, 0.05) is 10.9 Å². The van der Waals surface area contributed by atoms with Crippen LogP contribution in [-0.2, 0) is 4.79 Å². The lowest BCUT2D eigenvalue weighted by Gasteiger charge is -1.96. The van der Waals surface area contributed by atoms with Crippen LogP contribution in [0.5, 0.6) is 0 Å². The Morgan fingerprint density at radius 2 is 2.19 bits per heavy atom. The largest absolute Gasteiger partial charge is 0.481 e. The highest BCUT2D eigenvalue weighted by Gasteiger charge is 2.14. The number of nitrogens with zero attached hydrogens (tertiary/aromatic N) is 5. The van der Waals surface area contributed by atoms with Gasteiger partial charge >= 0.3 is 5.97 Å². The zero-order valence-electron chi connectivity index (χ0n) is 10.5. The highest BCUT2D eigenvalue weighted by atomic mass is 32.2. The summed E-state index contributed by atoms with van der Waals surface area (Å²) in [6.07, 6.45) is 0. The number of aromatic nitrogens is 6. The molecule has 1 aromatic carbocycles. The van der Waals surface area contributed by atoms with E-state index in [9.17, 15) is 4.79 Å². The highest BCUT2D eigenvalue weighted by Crippen LogP contribution is 2.23. The molecule has 0 atom stereocenters. The van der Waals surface area contributed by atoms with Crippen molar-refractivity contribution in [2.24, 2.45) is 0 Å². The summed E-state index contributed by atoms with van der Waals surface area (Å²) in [7, 11) is 0. The van der Waals surface area contributed by atoms with Gasteiger partial charge in [0.15, 0.2) is 5.65 Å². The molecule has 0 aliphatic heterocycles. The maximum absolute atomic E-state index is 10.7. The number of aliphatic carboxylic acids is 1. The number of H-pyrrole nitrogens is 1. The van der Waals surface area contributed by atoms with Gasteiger partial charge in [-0.1, -0.05) is 30.0 Å². The minimum Gasteiger partial charge on any atom is -0.481 e. The van der Waals surface area contributed by atoms with Crippen LogP contribution >= 0.6 is 11.8 Å². The Hall–Kier alpha value is -2.68. The monoisotopic (exact) mass is 300 g/mol. The lowest BCUT2D eigenvalue weighted by atomic mass is 10.2. The summed E-state index contributed by atoms with van der Waals surface area (Å²) in [5, 5.41) is 22.4. The van der Waals surface area contributed by atoms with E-state index in [1.54, 1.807) is 0 Å². The first-order valence-corrected chi connectivity index (χ1v) is 7.05. The summed E-state index contributed by atoms with van der Waals surface area (Å²) >= 11 is 1.06. The van der Waals surface area contributed by atoms with Gasteiger partial charge in [-0.05, 0) is 6.07 Å². The average molecular weight is 300 g/mol. The van der Waals surface area contributed by atoms with Gasteiger partial charge in [0.1, 0.15) is 5.52 Å². The van der Waals surface area contributed by atoms with E-state index in [0.717, 1.165) is 22.7 Å². The second-order valence-corrected chi connectivity index (χ2v) is 5.30. The third kappa shape index (κ3) is 1.89. The first kappa shape index (κ1) is 12.1. The molecule has 0 unspecified atom stereocenters. The fraction of sp³-hybridized carbons (Fsp3) is 0.0833. The third-order valence-corrected chi connectivity index (χ3v) is 3.90. The molecule has 21 heavy (non-hydrogen) atoms. The van der Waals surface area contributed by atoms with Crippen molar-refractivity contribution in [2.75, 3.05) is 5.75 Å². The molecule has 0 saturated heterocycles. The van der Waals surface area contributed by atoms with Crippen molar-refractivity contribution in [2.45, 2.75) is 5.16 Å². The van der Waals surface area contributed by atoms with Crippen LogP contribution < -0.4 is 0 Å². The van der Waals surface area contributed by atoms with E-state index in [4.69, 9.17) is 5.11 Å². The zero-order valence-corrected chi connectivity index (χ0v) is 11.3. The summed E-state index contributed by atoms with van der Waals surface area (Å²) < 4.78 is 1.47. The van der Waals surface area contributed by atoms with Crippen LogP contribution in [-0.4, -0.2) is 46.6 Å². The van der Waals surface area contributed by atoms with Crippen molar-refractivity contribution in [3.05, 3.63) is 24.3 Å². The second kappa shape index (κ2) is 4.42. The number of hydrogen-bond acceptors (Lipinski definition) is 6. The number of hydrogen-bond donors (Lipinski definition) is 2. The summed E-state index contributed by atoms with van der Waals surface area (Å²) in [6.45, 7) is 0. The smallest absolute Gasteiger partial charge is 0.313 e. The average Bonchev–Trinajstić information content (AvgIpc) is 3.03. The number of nitrogens with one attached hydrogen (secondary N) is 1. The van der Waals surface area contributed by atoms with Crippen molar-refractivity contribution < 1.29 is 9.90 Å². The van der Waals surface area contributed by atoms with Gasteiger partial charge in [0.2, 0.25) is 5.16 Å². The van der Waals surface area contributed by atoms with Gasteiger partial charge in [-0.2, -0.15) is 14.6 Å². The fourth-order valence-electron chi connectivity index (χ4n) is 2.13. The molecule has 0 spiro atoms. The Bertz CT molecular complexity index is 991. The Balaban J connectivity index is 1.95. The van der Waals surface area contributed by atoms with Crippen molar-refractivity contribution in [3.8, 4) is 0 Å². The SMILES string of the molecule is O=C(O)CSc1nnc2nc3[nH]c4ccccc4c3nn12. The van der Waals surface area contributed by atoms with Crippen LogP contribution in [0.15, 0.2) is 29.4 Å². The van der Waals surface area contributed by atoms with E-state index in [1.807, 2.05) is 24.3 Å². The summed E-state index contributed by atoms with van der Waals surface area (Å²) in [6, 6.07) is 7.75. The van der Waals surface area contributed by atoms with Gasteiger partial charge < -0.3 is 10.1 Å². The summed E-state index contributed by atoms with van der Waals surface area (Å²) in [4.78, 5) is 18.2. The molecule has 0 aliphatic carbocycles. The molecular formula is C12H8N6O2S. The number of para-hydroxylation sites is 1. The van der Waals surface area contributed by atoms with E-state index in [-0.39, 0.29) is 5.75 Å². The van der Waals surface area contributed by atoms with E-state index < -0.39 is 5.97 Å². The topological polar surface area (TPSA) is 109 Å². The van der Waals surface area contributed by atoms with Crippen LogP contribution in [0.3, 0.4) is 0 Å². The molecule has 2 N–H and O–H groups in total. The number of fused-ring (bicyclic) bond motifs is 4. The van der Waals surface area contributed by atoms with Crippen molar-refractivity contribution in [1.82, 2.24) is 29.8 Å². The molecule has 0 fully saturated rings. The minimum absolute atomic E-state index is 0.103. The van der Waals surface area contributed by atoms with Crippen LogP contribution in [0.1, 0.15) is 0 Å². The van der Waals surface area contributed by atoms with E-state index in [2.05, 4.69) is 25.3 Å². The van der Waals surface area contributed by atoms with Crippen LogP contribution in [0.25, 0.3) is 27.8 Å². The number of thioether (sulfide) groups is 1. The van der Waals surface area contributed by atoms with Crippen molar-refractivity contribution in [1.29, 1.82) is 0 Å². The molecule has 3 aromatic heterocycles. The second-order valence-electron chi connectivity index (χ2n) is 4.36. The van der Waals surface area contributed by atoms with Crippen LogP contribution in [0, 0.1) is 0 Å². The number of rotatable bonds is 3. The number of carboxylic acids is 1. The van der Waals surface area contributed by atoms with Gasteiger partial charge in [-0.25, -0.2) is 0 Å². The van der Waals surface area contributed by atoms with Crippen molar-refractivity contribution >= 4 is 45.6 Å². The standard InChI is InChI=1S/C12H8N6O2S/c19-8(20)5-21-12-16-15-11-14-10-9(17-18(11)12)6-3-1-2-4-7(6)13-10/h1-4H,5H2,(H,19,20)(H,13,14,15). The lowest BCUT2D eigenvalue weighted by molar-refractivity contribution is -0.133. The molecular weight excluding hydrogens is 292 g/mol. The van der Waals surface area contributed by atoms with Gasteiger partial charge in [-0.15, -0.1) is 10.2 Å². The molecule has 0 bridgehead atoms. The molecule has 4 aromatic rings. The first-order chi connectivity index (χ1) is 10.2. The lowest BCUT2D eigenvalue weighted by Crippen LogP contribution is -2.01. The van der Waals surface area contributed by atoms with E-state index in [0.29, 0.717) is 22.1 Å². The summed E-state index contributed by atoms with van der Waals surface area (Å²) in [5.74, 6) is -0.686. The van der Waals surface area contributed by atoms with Gasteiger partial charge in [0.05, 0.1) is 5.75 Å². The number of carbonyl (C=O) groups is 1. The molecule has 9 heteroatoms. The minimum atomic E-state index is -0.919. The van der Waals surface area contributed by atoms with Gasteiger partial charge in [0.25, 0.3) is 5.78 Å². The summed E-state index contributed by atoms with van der Waals surface area (Å²) in [5.41, 5.74) is 2.27. The Labute approximate surface area is 121 Å². The van der Waals surface area contributed by atoms with E-state index in [1.165, 1.54) is 4.52 Å². The molecule has 0 radical (unpaired) electrons. The quantitative estimate of drug-likeness (QED) is 0.549. The normalized spacial score (nSPS) is 11.6. The van der Waals surface area contributed by atoms with Crippen molar-refractivity contribution in [3.63, 3.8) is 0 Å². The van der Waals surface area contributed by atoms with E-state index >= 15 is 0 Å². The fourth-order valence-corrected chi connectivity index (χ4v) is 2.72. The Morgan fingerprint density at radius 3 is 3.05 bits per heavy atom. The predicted molar refractivity (Wildman–Crippen MR) is 76.3 cm³/mol. The first-order valence-electron chi connectivity index (χ1n) is 6.07. The Kier molecular flexibility index (Phi) is 2.54. The molecule has 0 aliphatic rings. The third-order valence-electron chi connectivity index (χ3n) is 2.99. The number of benzene rings is 1. The number of aromatic amines is 1. The molecule has 4 rings (SSSR count). The van der Waals surface area contributed by atoms with Crippen LogP contribution in [0.4, 0.5) is 0 Å². The van der Waals surface area contributed by atoms with Gasteiger partial charge in [-0.3, -0.25) is 4.79 Å². The molecule has 8 nitrogen and oxygen atoms in total. The maximum atomic E-state index is 10.7. The molecule has 0 amide bonds.